The summed E-state index contributed by atoms with van der Waals surface area (Å²) in [5.41, 5.74) is 5.63. The van der Waals surface area contributed by atoms with Crippen LogP contribution in [0.15, 0.2) is 24.3 Å². The van der Waals surface area contributed by atoms with Gasteiger partial charge in [0.15, 0.2) is 11.5 Å². The topological polar surface area (TPSA) is 47.9 Å². The molecule has 2 rings (SSSR count). The molecule has 4 heteroatoms. The SMILES string of the molecule is CCOc1cc(CC(C)C(O)c2cc(C)c(C)cc2C)cc(OC)c1OCC. The van der Waals surface area contributed by atoms with Crippen molar-refractivity contribution < 1.29 is 19.3 Å². The Hall–Kier alpha value is -2.20. The molecular formula is C24H34O4. The van der Waals surface area contributed by atoms with Gasteiger partial charge >= 0.3 is 0 Å². The van der Waals surface area contributed by atoms with E-state index in [1.54, 1.807) is 7.11 Å². The van der Waals surface area contributed by atoms with E-state index in [2.05, 4.69) is 39.8 Å². The molecule has 0 amide bonds. The first-order chi connectivity index (χ1) is 13.3. The quantitative estimate of drug-likeness (QED) is 0.633. The first kappa shape index (κ1) is 22.1. The first-order valence-corrected chi connectivity index (χ1v) is 10.0. The van der Waals surface area contributed by atoms with Crippen LogP contribution in [0.2, 0.25) is 0 Å². The van der Waals surface area contributed by atoms with Crippen molar-refractivity contribution in [3.63, 3.8) is 0 Å². The van der Waals surface area contributed by atoms with Crippen LogP contribution in [0.25, 0.3) is 0 Å². The van der Waals surface area contributed by atoms with Gasteiger partial charge in [-0.3, -0.25) is 0 Å². The molecule has 0 heterocycles. The average Bonchev–Trinajstić information content (AvgIpc) is 2.66. The van der Waals surface area contributed by atoms with Gasteiger partial charge in [-0.15, -0.1) is 0 Å². The maximum Gasteiger partial charge on any atom is 0.203 e. The molecule has 0 saturated heterocycles. The average molecular weight is 387 g/mol. The summed E-state index contributed by atoms with van der Waals surface area (Å²) in [5, 5.41) is 11.0. The molecule has 2 atom stereocenters. The standard InChI is InChI=1S/C24H34O4/c1-8-27-22-14-19(13-21(26-7)24(22)28-9-2)11-18(6)23(25)20-12-16(4)15(3)10-17(20)5/h10,12-14,18,23,25H,8-9,11H2,1-7H3. The van der Waals surface area contributed by atoms with Crippen LogP contribution >= 0.6 is 0 Å². The van der Waals surface area contributed by atoms with E-state index >= 15 is 0 Å². The van der Waals surface area contributed by atoms with E-state index in [9.17, 15) is 5.11 Å². The van der Waals surface area contributed by atoms with Gasteiger partial charge < -0.3 is 19.3 Å². The summed E-state index contributed by atoms with van der Waals surface area (Å²) in [6.45, 7) is 13.3. The van der Waals surface area contributed by atoms with Gasteiger partial charge in [-0.2, -0.15) is 0 Å². The molecular weight excluding hydrogens is 352 g/mol. The van der Waals surface area contributed by atoms with Crippen LogP contribution in [0.3, 0.4) is 0 Å². The van der Waals surface area contributed by atoms with Crippen molar-refractivity contribution in [3.05, 3.63) is 52.1 Å². The molecule has 0 saturated carbocycles. The van der Waals surface area contributed by atoms with Crippen LogP contribution in [-0.4, -0.2) is 25.4 Å². The number of aryl methyl sites for hydroxylation is 3. The van der Waals surface area contributed by atoms with Crippen molar-refractivity contribution in [2.75, 3.05) is 20.3 Å². The zero-order valence-electron chi connectivity index (χ0n) is 18.3. The van der Waals surface area contributed by atoms with Gasteiger partial charge in [0, 0.05) is 0 Å². The monoisotopic (exact) mass is 386 g/mol. The third-order valence-electron chi connectivity index (χ3n) is 5.19. The fourth-order valence-corrected chi connectivity index (χ4v) is 3.54. The van der Waals surface area contributed by atoms with Gasteiger partial charge in [0.1, 0.15) is 0 Å². The Morgan fingerprint density at radius 2 is 1.46 bits per heavy atom. The fourth-order valence-electron chi connectivity index (χ4n) is 3.54. The van der Waals surface area contributed by atoms with Crippen molar-refractivity contribution in [1.82, 2.24) is 0 Å². The lowest BCUT2D eigenvalue weighted by atomic mass is 9.87. The summed E-state index contributed by atoms with van der Waals surface area (Å²) in [5.74, 6) is 2.02. The van der Waals surface area contributed by atoms with Crippen molar-refractivity contribution in [2.24, 2.45) is 5.92 Å². The zero-order chi connectivity index (χ0) is 20.8. The Balaban J connectivity index is 2.31. The summed E-state index contributed by atoms with van der Waals surface area (Å²) in [6, 6.07) is 8.22. The van der Waals surface area contributed by atoms with Crippen molar-refractivity contribution in [1.29, 1.82) is 0 Å². The smallest absolute Gasteiger partial charge is 0.203 e. The highest BCUT2D eigenvalue weighted by Gasteiger charge is 2.21. The molecule has 0 bridgehead atoms. The Labute approximate surface area is 169 Å². The second-order valence-electron chi connectivity index (χ2n) is 7.41. The molecule has 4 nitrogen and oxygen atoms in total. The lowest BCUT2D eigenvalue weighted by Crippen LogP contribution is -2.14. The maximum atomic E-state index is 11.0. The predicted octanol–water partition coefficient (Wildman–Crippen LogP) is 5.33. The highest BCUT2D eigenvalue weighted by molar-refractivity contribution is 5.54. The van der Waals surface area contributed by atoms with Crippen LogP contribution < -0.4 is 14.2 Å². The molecule has 154 valence electrons. The van der Waals surface area contributed by atoms with Crippen LogP contribution in [0.4, 0.5) is 0 Å². The highest BCUT2D eigenvalue weighted by atomic mass is 16.5. The lowest BCUT2D eigenvalue weighted by molar-refractivity contribution is 0.117. The van der Waals surface area contributed by atoms with E-state index in [0.29, 0.717) is 36.9 Å². The summed E-state index contributed by atoms with van der Waals surface area (Å²) in [6.07, 6.45) is 0.170. The highest BCUT2D eigenvalue weighted by Crippen LogP contribution is 2.40. The summed E-state index contributed by atoms with van der Waals surface area (Å²) in [4.78, 5) is 0. The molecule has 0 aliphatic heterocycles. The van der Waals surface area contributed by atoms with E-state index in [-0.39, 0.29) is 5.92 Å². The van der Waals surface area contributed by atoms with Crippen LogP contribution in [0.1, 0.15) is 54.7 Å². The van der Waals surface area contributed by atoms with Gasteiger partial charge in [0.2, 0.25) is 5.75 Å². The molecule has 0 aromatic heterocycles. The van der Waals surface area contributed by atoms with Gasteiger partial charge in [-0.25, -0.2) is 0 Å². The molecule has 0 fully saturated rings. The fraction of sp³-hybridized carbons (Fsp3) is 0.500. The minimum absolute atomic E-state index is 0.0398. The summed E-state index contributed by atoms with van der Waals surface area (Å²) >= 11 is 0. The number of methoxy groups -OCH3 is 1. The predicted molar refractivity (Wildman–Crippen MR) is 114 cm³/mol. The molecule has 28 heavy (non-hydrogen) atoms. The van der Waals surface area contributed by atoms with Gasteiger partial charge in [0.25, 0.3) is 0 Å². The van der Waals surface area contributed by atoms with Gasteiger partial charge in [-0.05, 0) is 86.9 Å². The largest absolute Gasteiger partial charge is 0.493 e. The number of hydrogen-bond acceptors (Lipinski definition) is 4. The van der Waals surface area contributed by atoms with E-state index in [1.165, 1.54) is 11.1 Å². The van der Waals surface area contributed by atoms with Crippen LogP contribution in [0, 0.1) is 26.7 Å². The molecule has 0 spiro atoms. The minimum atomic E-state index is -0.535. The number of benzene rings is 2. The third kappa shape index (κ3) is 4.99. The molecule has 0 aliphatic carbocycles. The Kier molecular flexibility index (Phi) is 7.76. The van der Waals surface area contributed by atoms with Crippen LogP contribution in [-0.2, 0) is 6.42 Å². The Morgan fingerprint density at radius 3 is 2.07 bits per heavy atom. The summed E-state index contributed by atoms with van der Waals surface area (Å²) in [7, 11) is 1.63. The molecule has 0 aliphatic rings. The number of hydrogen-bond donors (Lipinski definition) is 1. The van der Waals surface area contributed by atoms with E-state index < -0.39 is 6.10 Å². The minimum Gasteiger partial charge on any atom is -0.493 e. The van der Waals surface area contributed by atoms with Crippen molar-refractivity contribution >= 4 is 0 Å². The van der Waals surface area contributed by atoms with Gasteiger partial charge in [0.05, 0.1) is 26.4 Å². The number of rotatable bonds is 9. The second-order valence-corrected chi connectivity index (χ2v) is 7.41. The lowest BCUT2D eigenvalue weighted by Gasteiger charge is -2.23. The molecule has 2 aromatic rings. The van der Waals surface area contributed by atoms with Crippen LogP contribution in [0.5, 0.6) is 17.2 Å². The Bertz CT molecular complexity index is 798. The third-order valence-corrected chi connectivity index (χ3v) is 5.19. The van der Waals surface area contributed by atoms with Crippen molar-refractivity contribution in [2.45, 2.75) is 54.1 Å². The Morgan fingerprint density at radius 1 is 0.857 bits per heavy atom. The van der Waals surface area contributed by atoms with Gasteiger partial charge in [-0.1, -0.05) is 19.1 Å². The molecule has 2 aromatic carbocycles. The van der Waals surface area contributed by atoms with Crippen molar-refractivity contribution in [3.8, 4) is 17.2 Å². The molecule has 2 unspecified atom stereocenters. The number of ether oxygens (including phenoxy) is 3. The molecule has 1 N–H and O–H groups in total. The zero-order valence-corrected chi connectivity index (χ0v) is 18.3. The summed E-state index contributed by atoms with van der Waals surface area (Å²) < 4.78 is 17.0. The number of aliphatic hydroxyl groups is 1. The van der Waals surface area contributed by atoms with E-state index in [0.717, 1.165) is 16.7 Å². The second kappa shape index (κ2) is 9.83. The molecule has 0 radical (unpaired) electrons. The van der Waals surface area contributed by atoms with E-state index in [1.807, 2.05) is 26.0 Å². The van der Waals surface area contributed by atoms with E-state index in [4.69, 9.17) is 14.2 Å². The normalized spacial score (nSPS) is 13.1. The number of aliphatic hydroxyl groups excluding tert-OH is 1. The first-order valence-electron chi connectivity index (χ1n) is 10.0. The maximum absolute atomic E-state index is 11.0.